The topological polar surface area (TPSA) is 95.9 Å². The third-order valence-electron chi connectivity index (χ3n) is 12.4. The van der Waals surface area contributed by atoms with E-state index in [1.165, 1.54) is 167 Å². The van der Waals surface area contributed by atoms with Crippen molar-refractivity contribution < 1.29 is 24.5 Å². The van der Waals surface area contributed by atoms with Gasteiger partial charge in [-0.25, -0.2) is 0 Å². The van der Waals surface area contributed by atoms with E-state index >= 15 is 0 Å². The number of aliphatic hydroxyl groups excluding tert-OH is 2. The normalized spacial score (nSPS) is 12.9. The molecule has 0 spiro atoms. The largest absolute Gasteiger partial charge is 0.466 e. The van der Waals surface area contributed by atoms with Crippen LogP contribution in [0.25, 0.3) is 0 Å². The molecule has 3 N–H and O–H groups in total. The predicted octanol–water partition coefficient (Wildman–Crippen LogP) is 16.5. The van der Waals surface area contributed by atoms with Crippen molar-refractivity contribution >= 4 is 11.9 Å². The van der Waals surface area contributed by atoms with Gasteiger partial charge >= 0.3 is 5.97 Å². The van der Waals surface area contributed by atoms with Gasteiger partial charge in [-0.15, -0.1) is 0 Å². The van der Waals surface area contributed by atoms with Crippen molar-refractivity contribution in [3.8, 4) is 0 Å². The summed E-state index contributed by atoms with van der Waals surface area (Å²) in [5.41, 5.74) is 0. The average Bonchev–Trinajstić information content (AvgIpc) is 3.27. The minimum atomic E-state index is -0.675. The minimum absolute atomic E-state index is 0.0250. The molecule has 364 valence electrons. The average molecular weight is 872 g/mol. The molecule has 62 heavy (non-hydrogen) atoms. The van der Waals surface area contributed by atoms with Crippen molar-refractivity contribution in [2.24, 2.45) is 0 Å². The second-order valence-electron chi connectivity index (χ2n) is 18.6. The Kier molecular flexibility index (Phi) is 50.1. The van der Waals surface area contributed by atoms with Crippen LogP contribution < -0.4 is 5.32 Å². The van der Waals surface area contributed by atoms with Gasteiger partial charge in [-0.1, -0.05) is 217 Å². The van der Waals surface area contributed by atoms with Gasteiger partial charge in [0.05, 0.1) is 25.4 Å². The zero-order chi connectivity index (χ0) is 45.1. The molecule has 0 aliphatic heterocycles. The van der Waals surface area contributed by atoms with Crippen LogP contribution >= 0.6 is 0 Å². The second-order valence-corrected chi connectivity index (χ2v) is 18.6. The summed E-state index contributed by atoms with van der Waals surface area (Å²) in [6, 6.07) is -0.554. The van der Waals surface area contributed by atoms with Gasteiger partial charge in [-0.2, -0.15) is 0 Å². The Morgan fingerprint density at radius 3 is 1.26 bits per heavy atom. The fourth-order valence-corrected chi connectivity index (χ4v) is 8.19. The fourth-order valence-electron chi connectivity index (χ4n) is 8.19. The Labute approximate surface area is 385 Å². The molecular weight excluding hydrogens is 767 g/mol. The lowest BCUT2D eigenvalue weighted by Crippen LogP contribution is -2.45. The third kappa shape index (κ3) is 47.6. The van der Waals surface area contributed by atoms with E-state index in [1.807, 2.05) is 0 Å². The number of amides is 1. The standard InChI is InChI=1S/C56H105NO5/c1-3-5-7-9-11-13-15-17-21-25-28-32-36-40-44-48-54(59)53(52-58)57-55(60)49-45-41-37-33-29-26-22-19-18-20-23-27-31-35-39-43-47-51-62-56(61)50-46-42-38-34-30-24-16-14-12-10-8-6-4-2/h14,16,18,20,27,31,53-54,58-59H,3-13,15,17,19,21-26,28-30,32-52H2,1-2H3,(H,57,60)/b16-14-,20-18-,31-27-. The molecule has 6 nitrogen and oxygen atoms in total. The van der Waals surface area contributed by atoms with Crippen molar-refractivity contribution in [2.45, 2.75) is 296 Å². The Bertz CT molecular complexity index is 1010. The van der Waals surface area contributed by atoms with E-state index in [9.17, 15) is 19.8 Å². The first-order valence-electron chi connectivity index (χ1n) is 27.2. The van der Waals surface area contributed by atoms with Gasteiger partial charge < -0.3 is 20.3 Å². The highest BCUT2D eigenvalue weighted by molar-refractivity contribution is 5.76. The number of carbonyl (C=O) groups excluding carboxylic acids is 2. The molecule has 0 rings (SSSR count). The van der Waals surface area contributed by atoms with Gasteiger partial charge in [-0.05, 0) is 89.9 Å². The lowest BCUT2D eigenvalue weighted by Gasteiger charge is -2.22. The van der Waals surface area contributed by atoms with Gasteiger partial charge in [0.1, 0.15) is 0 Å². The number of ether oxygens (including phenoxy) is 1. The molecule has 6 heteroatoms. The SMILES string of the molecule is CCCCCC/C=C\CCCCCCCC(=O)OCCCCC/C=C\C/C=C\CCCCCCCCCC(=O)NC(CO)C(O)CCCCCCCCCCCCCCCCC. The number of nitrogens with one attached hydrogen (secondary N) is 1. The Hall–Kier alpha value is -1.92. The number of unbranched alkanes of at least 4 members (excludes halogenated alkanes) is 33. The molecule has 0 aromatic heterocycles. The fraction of sp³-hybridized carbons (Fsp3) is 0.857. The zero-order valence-corrected chi connectivity index (χ0v) is 41.4. The highest BCUT2D eigenvalue weighted by atomic mass is 16.5. The number of aliphatic hydroxyl groups is 2. The second kappa shape index (κ2) is 51.7. The van der Waals surface area contributed by atoms with Crippen LogP contribution in [0.3, 0.4) is 0 Å². The summed E-state index contributed by atoms with van der Waals surface area (Å²) in [6.07, 6.45) is 62.6. The Morgan fingerprint density at radius 2 is 0.806 bits per heavy atom. The smallest absolute Gasteiger partial charge is 0.305 e. The molecule has 0 fully saturated rings. The lowest BCUT2D eigenvalue weighted by atomic mass is 10.0. The number of esters is 1. The highest BCUT2D eigenvalue weighted by Crippen LogP contribution is 2.16. The molecule has 0 saturated carbocycles. The Balaban J connectivity index is 3.51. The van der Waals surface area contributed by atoms with Gasteiger partial charge in [0.15, 0.2) is 0 Å². The molecule has 0 aliphatic carbocycles. The number of allylic oxidation sites excluding steroid dienone is 6. The number of rotatable bonds is 50. The quantitative estimate of drug-likeness (QED) is 0.0321. The summed E-state index contributed by atoms with van der Waals surface area (Å²) >= 11 is 0. The molecule has 0 saturated heterocycles. The summed E-state index contributed by atoms with van der Waals surface area (Å²) < 4.78 is 5.43. The van der Waals surface area contributed by atoms with Crippen molar-refractivity contribution in [2.75, 3.05) is 13.2 Å². The van der Waals surface area contributed by atoms with E-state index in [-0.39, 0.29) is 18.5 Å². The van der Waals surface area contributed by atoms with Crippen molar-refractivity contribution in [3.05, 3.63) is 36.5 Å². The minimum Gasteiger partial charge on any atom is -0.466 e. The molecule has 0 bridgehead atoms. The molecular formula is C56H105NO5. The van der Waals surface area contributed by atoms with Gasteiger partial charge in [-0.3, -0.25) is 9.59 Å². The van der Waals surface area contributed by atoms with Crippen LogP contribution in [0, 0.1) is 0 Å². The monoisotopic (exact) mass is 872 g/mol. The summed E-state index contributed by atoms with van der Waals surface area (Å²) in [6.45, 7) is 4.89. The summed E-state index contributed by atoms with van der Waals surface area (Å²) in [7, 11) is 0. The van der Waals surface area contributed by atoms with Crippen molar-refractivity contribution in [1.82, 2.24) is 5.32 Å². The third-order valence-corrected chi connectivity index (χ3v) is 12.4. The first-order chi connectivity index (χ1) is 30.5. The van der Waals surface area contributed by atoms with Crippen LogP contribution in [0.4, 0.5) is 0 Å². The van der Waals surface area contributed by atoms with Gasteiger partial charge in [0.25, 0.3) is 0 Å². The molecule has 1 amide bonds. The predicted molar refractivity (Wildman–Crippen MR) is 269 cm³/mol. The van der Waals surface area contributed by atoms with Crippen LogP contribution in [0.1, 0.15) is 284 Å². The van der Waals surface area contributed by atoms with Gasteiger partial charge in [0.2, 0.25) is 5.91 Å². The molecule has 0 aromatic rings. The van der Waals surface area contributed by atoms with Crippen LogP contribution in [0.15, 0.2) is 36.5 Å². The van der Waals surface area contributed by atoms with Crippen LogP contribution in [0.2, 0.25) is 0 Å². The summed E-state index contributed by atoms with van der Waals surface area (Å²) in [5, 5.41) is 23.2. The number of hydrogen-bond acceptors (Lipinski definition) is 5. The molecule has 2 atom stereocenters. The maximum atomic E-state index is 12.5. The van der Waals surface area contributed by atoms with E-state index in [2.05, 4.69) is 55.6 Å². The van der Waals surface area contributed by atoms with Crippen LogP contribution in [-0.4, -0.2) is 47.4 Å². The first kappa shape index (κ1) is 60.1. The summed E-state index contributed by atoms with van der Waals surface area (Å²) in [5.74, 6) is -0.0761. The van der Waals surface area contributed by atoms with Crippen molar-refractivity contribution in [3.63, 3.8) is 0 Å². The number of hydrogen-bond donors (Lipinski definition) is 3. The molecule has 0 aromatic carbocycles. The molecule has 0 radical (unpaired) electrons. The molecule has 2 unspecified atom stereocenters. The van der Waals surface area contributed by atoms with E-state index < -0.39 is 12.1 Å². The van der Waals surface area contributed by atoms with E-state index in [0.717, 1.165) is 83.5 Å². The van der Waals surface area contributed by atoms with Crippen LogP contribution in [-0.2, 0) is 14.3 Å². The molecule has 0 aliphatic rings. The Morgan fingerprint density at radius 1 is 0.452 bits per heavy atom. The van der Waals surface area contributed by atoms with Crippen molar-refractivity contribution in [1.29, 1.82) is 0 Å². The van der Waals surface area contributed by atoms with E-state index in [1.54, 1.807) is 0 Å². The van der Waals surface area contributed by atoms with Gasteiger partial charge in [0, 0.05) is 12.8 Å². The zero-order valence-electron chi connectivity index (χ0n) is 41.4. The summed E-state index contributed by atoms with van der Waals surface area (Å²) in [4.78, 5) is 24.4. The number of carbonyl (C=O) groups is 2. The van der Waals surface area contributed by atoms with E-state index in [0.29, 0.717) is 25.9 Å². The lowest BCUT2D eigenvalue weighted by molar-refractivity contribution is -0.143. The highest BCUT2D eigenvalue weighted by Gasteiger charge is 2.20. The maximum absolute atomic E-state index is 12.5. The van der Waals surface area contributed by atoms with Crippen LogP contribution in [0.5, 0.6) is 0 Å². The first-order valence-corrected chi connectivity index (χ1v) is 27.2. The maximum Gasteiger partial charge on any atom is 0.305 e. The molecule has 0 heterocycles. The van der Waals surface area contributed by atoms with E-state index in [4.69, 9.17) is 4.74 Å².